The van der Waals surface area contributed by atoms with Gasteiger partial charge in [0.1, 0.15) is 5.57 Å². The predicted molar refractivity (Wildman–Crippen MR) is 62.8 cm³/mol. The summed E-state index contributed by atoms with van der Waals surface area (Å²) >= 11 is 0. The van der Waals surface area contributed by atoms with Gasteiger partial charge in [-0.25, -0.2) is 9.69 Å². The van der Waals surface area contributed by atoms with Gasteiger partial charge in [-0.1, -0.05) is 13.5 Å². The van der Waals surface area contributed by atoms with Crippen LogP contribution in [0.15, 0.2) is 12.2 Å². The van der Waals surface area contributed by atoms with Crippen molar-refractivity contribution in [3.05, 3.63) is 12.2 Å². The topological polar surface area (TPSA) is 90.0 Å². The number of ether oxygens (including phenoxy) is 2. The molecule has 1 saturated heterocycles. The molecular weight excluding hydrogens is 311 g/mol. The second kappa shape index (κ2) is 6.58. The predicted octanol–water partition coefficient (Wildman–Crippen LogP) is 0.686. The van der Waals surface area contributed by atoms with Crippen LogP contribution in [0.5, 0.6) is 0 Å². The van der Waals surface area contributed by atoms with E-state index >= 15 is 0 Å². The molecule has 0 bridgehead atoms. The zero-order valence-corrected chi connectivity index (χ0v) is 11.4. The van der Waals surface area contributed by atoms with Gasteiger partial charge in [0.25, 0.3) is 5.91 Å². The third-order valence-corrected chi connectivity index (χ3v) is 2.65. The zero-order chi connectivity index (χ0) is 17.1. The number of imide groups is 1. The first kappa shape index (κ1) is 17.7. The van der Waals surface area contributed by atoms with E-state index in [-0.39, 0.29) is 12.8 Å². The molecule has 1 rings (SSSR count). The Kier molecular flexibility index (Phi) is 5.28. The maximum Gasteiger partial charge on any atom is 0.422 e. The lowest BCUT2D eigenvalue weighted by atomic mass is 10.1. The Morgan fingerprint density at radius 3 is 2.41 bits per heavy atom. The number of β-lactam (4-membered cyclic amide) rings is 1. The molecule has 0 N–H and O–H groups in total. The summed E-state index contributed by atoms with van der Waals surface area (Å²) in [6.07, 6.45) is -6.31. The quantitative estimate of drug-likeness (QED) is 0.420. The van der Waals surface area contributed by atoms with E-state index in [1.807, 2.05) is 0 Å². The van der Waals surface area contributed by atoms with Crippen LogP contribution in [0.4, 0.5) is 13.2 Å². The van der Waals surface area contributed by atoms with Crippen LogP contribution in [0, 0.1) is 0 Å². The molecule has 0 aromatic heterocycles. The van der Waals surface area contributed by atoms with E-state index in [2.05, 4.69) is 11.3 Å². The van der Waals surface area contributed by atoms with E-state index in [4.69, 9.17) is 4.74 Å². The summed E-state index contributed by atoms with van der Waals surface area (Å²) in [5.41, 5.74) is -1.77. The molecule has 22 heavy (non-hydrogen) atoms. The van der Waals surface area contributed by atoms with Gasteiger partial charge in [0.2, 0.25) is 5.91 Å². The Balaban J connectivity index is 2.54. The third-order valence-electron chi connectivity index (χ3n) is 2.65. The van der Waals surface area contributed by atoms with Crippen LogP contribution < -0.4 is 0 Å². The minimum absolute atomic E-state index is 0.0209. The number of halogens is 3. The lowest BCUT2D eigenvalue weighted by Crippen LogP contribution is -2.58. The molecule has 1 aliphatic rings. The van der Waals surface area contributed by atoms with Crippen LogP contribution in [0.3, 0.4) is 0 Å². The standard InChI is InChI=1S/C12H12F3NO6/c1-3-10(19)22-9-4-7(17)16(9)8(18)5-21-11(20)6(2)12(13,14)15/h9H,2-5H2,1H3. The average molecular weight is 323 g/mol. The summed E-state index contributed by atoms with van der Waals surface area (Å²) in [5.74, 6) is -4.26. The van der Waals surface area contributed by atoms with Crippen molar-refractivity contribution in [2.24, 2.45) is 0 Å². The number of hydrogen-bond donors (Lipinski definition) is 0. The number of likely N-dealkylation sites (tertiary alicyclic amines) is 1. The third kappa shape index (κ3) is 4.06. The second-order valence-electron chi connectivity index (χ2n) is 4.21. The van der Waals surface area contributed by atoms with Crippen molar-refractivity contribution in [3.63, 3.8) is 0 Å². The zero-order valence-electron chi connectivity index (χ0n) is 11.4. The molecule has 1 heterocycles. The maximum atomic E-state index is 12.2. The summed E-state index contributed by atoms with van der Waals surface area (Å²) in [6.45, 7) is 2.90. The Labute approximate surface area is 122 Å². The van der Waals surface area contributed by atoms with Crippen LogP contribution in [0.1, 0.15) is 19.8 Å². The molecule has 1 fully saturated rings. The molecule has 0 aliphatic carbocycles. The summed E-state index contributed by atoms with van der Waals surface area (Å²) in [5, 5.41) is 0. The van der Waals surface area contributed by atoms with Crippen molar-refractivity contribution in [1.29, 1.82) is 0 Å². The highest BCUT2D eigenvalue weighted by molar-refractivity contribution is 6.01. The minimum Gasteiger partial charge on any atom is -0.452 e. The van der Waals surface area contributed by atoms with Gasteiger partial charge in [-0.2, -0.15) is 13.2 Å². The van der Waals surface area contributed by atoms with Gasteiger partial charge in [-0.15, -0.1) is 0 Å². The van der Waals surface area contributed by atoms with E-state index in [1.165, 1.54) is 6.92 Å². The van der Waals surface area contributed by atoms with E-state index in [1.54, 1.807) is 0 Å². The number of rotatable bonds is 5. The summed E-state index contributed by atoms with van der Waals surface area (Å²) in [6, 6.07) is 0. The maximum absolute atomic E-state index is 12.2. The Hall–Kier alpha value is -2.39. The molecule has 10 heteroatoms. The van der Waals surface area contributed by atoms with Crippen molar-refractivity contribution < 1.29 is 41.8 Å². The number of amides is 2. The molecule has 1 unspecified atom stereocenters. The van der Waals surface area contributed by atoms with Gasteiger partial charge in [0, 0.05) is 6.42 Å². The number of carbonyl (C=O) groups excluding carboxylic acids is 4. The fourth-order valence-electron chi connectivity index (χ4n) is 1.42. The number of carbonyl (C=O) groups is 4. The van der Waals surface area contributed by atoms with E-state index < -0.39 is 48.3 Å². The Morgan fingerprint density at radius 1 is 1.36 bits per heavy atom. The fourth-order valence-corrected chi connectivity index (χ4v) is 1.42. The molecule has 122 valence electrons. The van der Waals surface area contributed by atoms with Gasteiger partial charge >= 0.3 is 18.1 Å². The second-order valence-corrected chi connectivity index (χ2v) is 4.21. The largest absolute Gasteiger partial charge is 0.452 e. The lowest BCUT2D eigenvalue weighted by Gasteiger charge is -2.37. The van der Waals surface area contributed by atoms with Crippen molar-refractivity contribution >= 4 is 23.8 Å². The molecular formula is C12H12F3NO6. The monoisotopic (exact) mass is 323 g/mol. The van der Waals surface area contributed by atoms with Crippen LogP contribution >= 0.6 is 0 Å². The fraction of sp³-hybridized carbons (Fsp3) is 0.500. The van der Waals surface area contributed by atoms with Crippen LogP contribution in [0.25, 0.3) is 0 Å². The number of hydrogen-bond acceptors (Lipinski definition) is 6. The average Bonchev–Trinajstić information content (AvgIpc) is 2.41. The van der Waals surface area contributed by atoms with Crippen LogP contribution in [-0.4, -0.2) is 47.7 Å². The normalized spacial score (nSPS) is 17.5. The van der Waals surface area contributed by atoms with E-state index in [0.29, 0.717) is 4.90 Å². The Bertz CT molecular complexity index is 527. The number of nitrogens with zero attached hydrogens (tertiary/aromatic N) is 1. The molecule has 1 aliphatic heterocycles. The molecule has 0 aromatic rings. The molecule has 2 amide bonds. The first-order valence-electron chi connectivity index (χ1n) is 6.05. The SMILES string of the molecule is C=C(C(=O)OCC(=O)N1C(=O)CC1OC(=O)CC)C(F)(F)F. The highest BCUT2D eigenvalue weighted by Crippen LogP contribution is 2.25. The van der Waals surface area contributed by atoms with Crippen molar-refractivity contribution in [2.45, 2.75) is 32.2 Å². The van der Waals surface area contributed by atoms with Crippen molar-refractivity contribution in [1.82, 2.24) is 4.90 Å². The molecule has 0 aromatic carbocycles. The summed E-state index contributed by atoms with van der Waals surface area (Å²) in [4.78, 5) is 45.5. The minimum atomic E-state index is -4.98. The molecule has 0 radical (unpaired) electrons. The molecule has 0 spiro atoms. The van der Waals surface area contributed by atoms with Gasteiger partial charge < -0.3 is 9.47 Å². The highest BCUT2D eigenvalue weighted by Gasteiger charge is 2.44. The Morgan fingerprint density at radius 2 is 1.95 bits per heavy atom. The van der Waals surface area contributed by atoms with Crippen molar-refractivity contribution in [2.75, 3.05) is 6.61 Å². The van der Waals surface area contributed by atoms with Gasteiger partial charge in [-0.3, -0.25) is 14.4 Å². The lowest BCUT2D eigenvalue weighted by molar-refractivity contribution is -0.190. The smallest absolute Gasteiger partial charge is 0.422 e. The van der Waals surface area contributed by atoms with Crippen LogP contribution in [-0.2, 0) is 28.7 Å². The van der Waals surface area contributed by atoms with Crippen LogP contribution in [0.2, 0.25) is 0 Å². The van der Waals surface area contributed by atoms with Gasteiger partial charge in [0.15, 0.2) is 12.8 Å². The molecule has 1 atom stereocenters. The van der Waals surface area contributed by atoms with E-state index in [9.17, 15) is 32.3 Å². The summed E-state index contributed by atoms with van der Waals surface area (Å²) in [7, 11) is 0. The molecule has 7 nitrogen and oxygen atoms in total. The van der Waals surface area contributed by atoms with Gasteiger partial charge in [0.05, 0.1) is 6.42 Å². The first-order chi connectivity index (χ1) is 10.1. The molecule has 0 saturated carbocycles. The number of alkyl halides is 3. The van der Waals surface area contributed by atoms with E-state index in [0.717, 1.165) is 0 Å². The highest BCUT2D eigenvalue weighted by atomic mass is 19.4. The first-order valence-corrected chi connectivity index (χ1v) is 6.05. The summed E-state index contributed by atoms with van der Waals surface area (Å²) < 4.78 is 45.4. The van der Waals surface area contributed by atoms with Crippen molar-refractivity contribution in [3.8, 4) is 0 Å². The van der Waals surface area contributed by atoms with Gasteiger partial charge in [-0.05, 0) is 0 Å². The number of esters is 2.